The molecule has 2 N–H and O–H groups in total. The molecule has 26 heavy (non-hydrogen) atoms. The monoisotopic (exact) mass is 375 g/mol. The predicted molar refractivity (Wildman–Crippen MR) is 103 cm³/mol. The number of sulfone groups is 1. The Morgan fingerprint density at radius 1 is 0.962 bits per heavy atom. The summed E-state index contributed by atoms with van der Waals surface area (Å²) < 4.78 is 24.5. The summed E-state index contributed by atoms with van der Waals surface area (Å²) in [6.45, 7) is 3.25. The number of aryl methyl sites for hydroxylation is 1. The van der Waals surface area contributed by atoms with Gasteiger partial charge in [0, 0.05) is 18.5 Å². The lowest BCUT2D eigenvalue weighted by molar-refractivity contribution is -0.872. The van der Waals surface area contributed by atoms with E-state index in [4.69, 9.17) is 0 Å². The highest BCUT2D eigenvalue weighted by molar-refractivity contribution is 7.91. The molecule has 0 aliphatic heterocycles. The first kappa shape index (κ1) is 20.1. The van der Waals surface area contributed by atoms with E-state index in [0.29, 0.717) is 6.54 Å². The molecule has 1 amide bonds. The van der Waals surface area contributed by atoms with Crippen LogP contribution in [0.1, 0.15) is 23.1 Å². The lowest BCUT2D eigenvalue weighted by atomic mass is 10.1. The third kappa shape index (κ3) is 6.28. The van der Waals surface area contributed by atoms with Gasteiger partial charge in [0.05, 0.1) is 24.7 Å². The van der Waals surface area contributed by atoms with Crippen LogP contribution in [-0.2, 0) is 27.7 Å². The van der Waals surface area contributed by atoms with Gasteiger partial charge in [0.25, 0.3) is 0 Å². The van der Waals surface area contributed by atoms with Crippen molar-refractivity contribution in [2.24, 2.45) is 0 Å². The highest BCUT2D eigenvalue weighted by Gasteiger charge is 2.16. The van der Waals surface area contributed by atoms with Crippen LogP contribution >= 0.6 is 0 Å². The fourth-order valence-corrected chi connectivity index (χ4v) is 3.80. The summed E-state index contributed by atoms with van der Waals surface area (Å²) in [4.78, 5) is 13.6. The molecular formula is C20H27N2O3S+. The molecule has 0 bridgehead atoms. The summed E-state index contributed by atoms with van der Waals surface area (Å²) in [6, 6.07) is 14.8. The third-order valence-corrected chi connectivity index (χ3v) is 5.78. The molecule has 0 atom stereocenters. The van der Waals surface area contributed by atoms with Crippen molar-refractivity contribution in [3.05, 3.63) is 65.2 Å². The Balaban J connectivity index is 1.82. The van der Waals surface area contributed by atoms with Gasteiger partial charge in [0.2, 0.25) is 5.91 Å². The molecule has 2 aromatic carbocycles. The molecule has 5 nitrogen and oxygen atoms in total. The van der Waals surface area contributed by atoms with Crippen molar-refractivity contribution in [2.45, 2.75) is 31.3 Å². The minimum absolute atomic E-state index is 0.0434. The molecule has 0 saturated carbocycles. The molecule has 0 spiro atoms. The minimum Gasteiger partial charge on any atom is -0.352 e. The van der Waals surface area contributed by atoms with Crippen LogP contribution in [0.3, 0.4) is 0 Å². The van der Waals surface area contributed by atoms with Gasteiger partial charge in [-0.25, -0.2) is 8.42 Å². The van der Waals surface area contributed by atoms with E-state index < -0.39 is 9.84 Å². The summed E-state index contributed by atoms with van der Waals surface area (Å²) >= 11 is 0. The smallest absolute Gasteiger partial charge is 0.221 e. The van der Waals surface area contributed by atoms with E-state index in [1.54, 1.807) is 24.3 Å². The number of hydrogen-bond donors (Lipinski definition) is 2. The zero-order chi connectivity index (χ0) is 19.2. The Labute approximate surface area is 156 Å². The lowest BCUT2D eigenvalue weighted by Gasteiger charge is -2.09. The van der Waals surface area contributed by atoms with Crippen molar-refractivity contribution in [1.29, 1.82) is 0 Å². The minimum atomic E-state index is -3.44. The topological polar surface area (TPSA) is 67.7 Å². The van der Waals surface area contributed by atoms with E-state index in [1.807, 2.05) is 19.1 Å². The molecule has 0 radical (unpaired) electrons. The number of hydrogen-bond acceptors (Lipinski definition) is 3. The molecule has 0 fully saturated rings. The van der Waals surface area contributed by atoms with Gasteiger partial charge >= 0.3 is 0 Å². The SMILES string of the molecule is Cc1ccc(S(=O)(=O)CCC(=O)NCc2ccc(C[NH+](C)C)cc2)cc1. The number of rotatable bonds is 8. The highest BCUT2D eigenvalue weighted by Crippen LogP contribution is 2.13. The molecule has 0 aromatic heterocycles. The van der Waals surface area contributed by atoms with Crippen LogP contribution in [0.5, 0.6) is 0 Å². The molecular weight excluding hydrogens is 348 g/mol. The lowest BCUT2D eigenvalue weighted by Crippen LogP contribution is -3.04. The number of amides is 1. The average Bonchev–Trinajstić information content (AvgIpc) is 2.59. The van der Waals surface area contributed by atoms with Gasteiger partial charge in [-0.3, -0.25) is 4.79 Å². The zero-order valence-corrected chi connectivity index (χ0v) is 16.4. The molecule has 0 aliphatic rings. The quantitative estimate of drug-likeness (QED) is 0.727. The van der Waals surface area contributed by atoms with E-state index in [0.717, 1.165) is 17.7 Å². The summed E-state index contributed by atoms with van der Waals surface area (Å²) in [5.41, 5.74) is 3.24. The van der Waals surface area contributed by atoms with Crippen LogP contribution in [0.2, 0.25) is 0 Å². The number of quaternary nitrogens is 1. The van der Waals surface area contributed by atoms with Crippen LogP contribution in [0.4, 0.5) is 0 Å². The van der Waals surface area contributed by atoms with Gasteiger partial charge in [-0.05, 0) is 24.6 Å². The largest absolute Gasteiger partial charge is 0.352 e. The number of carbonyl (C=O) groups excluding carboxylic acids is 1. The van der Waals surface area contributed by atoms with Gasteiger partial charge < -0.3 is 10.2 Å². The standard InChI is InChI=1S/C20H26N2O3S/c1-16-4-10-19(11-5-16)26(24,25)13-12-20(23)21-14-17-6-8-18(9-7-17)15-22(2)3/h4-11H,12-15H2,1-3H3,(H,21,23)/p+1. The molecule has 0 unspecified atom stereocenters. The van der Waals surface area contributed by atoms with E-state index in [-0.39, 0.29) is 23.0 Å². The zero-order valence-electron chi connectivity index (χ0n) is 15.6. The van der Waals surface area contributed by atoms with Crippen molar-refractivity contribution in [3.63, 3.8) is 0 Å². The third-order valence-electron chi connectivity index (χ3n) is 4.05. The van der Waals surface area contributed by atoms with E-state index >= 15 is 0 Å². The Bertz CT molecular complexity index is 826. The maximum atomic E-state index is 12.3. The fourth-order valence-electron chi connectivity index (χ4n) is 2.56. The Hall–Kier alpha value is -2.18. The number of benzene rings is 2. The first-order valence-electron chi connectivity index (χ1n) is 8.69. The molecule has 6 heteroatoms. The molecule has 0 heterocycles. The first-order valence-corrected chi connectivity index (χ1v) is 10.3. The molecule has 140 valence electrons. The molecule has 2 aromatic rings. The van der Waals surface area contributed by atoms with Gasteiger partial charge in [-0.15, -0.1) is 0 Å². The van der Waals surface area contributed by atoms with Crippen molar-refractivity contribution >= 4 is 15.7 Å². The Morgan fingerprint density at radius 2 is 1.54 bits per heavy atom. The highest BCUT2D eigenvalue weighted by atomic mass is 32.2. The van der Waals surface area contributed by atoms with Crippen molar-refractivity contribution in [1.82, 2.24) is 5.32 Å². The van der Waals surface area contributed by atoms with Gasteiger partial charge in [0.1, 0.15) is 6.54 Å². The Morgan fingerprint density at radius 3 is 2.12 bits per heavy atom. The summed E-state index contributed by atoms with van der Waals surface area (Å²) in [5.74, 6) is -0.450. The second-order valence-corrected chi connectivity index (χ2v) is 8.97. The maximum Gasteiger partial charge on any atom is 0.221 e. The second kappa shape index (κ2) is 8.96. The average molecular weight is 376 g/mol. The molecule has 0 saturated heterocycles. The first-order chi connectivity index (χ1) is 12.3. The van der Waals surface area contributed by atoms with Crippen LogP contribution in [-0.4, -0.2) is 34.2 Å². The van der Waals surface area contributed by atoms with E-state index in [1.165, 1.54) is 10.5 Å². The van der Waals surface area contributed by atoms with Crippen molar-refractivity contribution < 1.29 is 18.1 Å². The number of carbonyl (C=O) groups is 1. The van der Waals surface area contributed by atoms with Crippen LogP contribution < -0.4 is 10.2 Å². The van der Waals surface area contributed by atoms with Gasteiger partial charge in [-0.2, -0.15) is 0 Å². The van der Waals surface area contributed by atoms with Gasteiger partial charge in [-0.1, -0.05) is 42.0 Å². The normalized spacial score (nSPS) is 11.5. The predicted octanol–water partition coefficient (Wildman–Crippen LogP) is 1.12. The summed E-state index contributed by atoms with van der Waals surface area (Å²) in [5, 5.41) is 2.78. The second-order valence-electron chi connectivity index (χ2n) is 6.86. The van der Waals surface area contributed by atoms with E-state index in [2.05, 4.69) is 31.5 Å². The van der Waals surface area contributed by atoms with Crippen LogP contribution in [0, 0.1) is 6.92 Å². The number of nitrogens with one attached hydrogen (secondary N) is 2. The summed E-state index contributed by atoms with van der Waals surface area (Å²) in [7, 11) is 0.757. The molecule has 0 aliphatic carbocycles. The van der Waals surface area contributed by atoms with Crippen LogP contribution in [0.15, 0.2) is 53.4 Å². The fraction of sp³-hybridized carbons (Fsp3) is 0.350. The van der Waals surface area contributed by atoms with Crippen molar-refractivity contribution in [2.75, 3.05) is 19.8 Å². The van der Waals surface area contributed by atoms with Crippen LogP contribution in [0.25, 0.3) is 0 Å². The summed E-state index contributed by atoms with van der Waals surface area (Å²) in [6.07, 6.45) is -0.0434. The Kier molecular flexibility index (Phi) is 6.94. The van der Waals surface area contributed by atoms with E-state index in [9.17, 15) is 13.2 Å². The maximum absolute atomic E-state index is 12.3. The van der Waals surface area contributed by atoms with Crippen molar-refractivity contribution in [3.8, 4) is 0 Å². The van der Waals surface area contributed by atoms with Gasteiger partial charge in [0.15, 0.2) is 9.84 Å². The molecule has 2 rings (SSSR count).